The summed E-state index contributed by atoms with van der Waals surface area (Å²) < 4.78 is 29.3. The minimum Gasteiger partial charge on any atom is -0.464 e. The average molecular weight is 255 g/mol. The van der Waals surface area contributed by atoms with Crippen LogP contribution in [0.5, 0.6) is 0 Å². The molecule has 2 aromatic rings. The number of nitrogens with one attached hydrogen (secondary N) is 2. The zero-order chi connectivity index (χ0) is 12.3. The molecule has 0 radical (unpaired) electrons. The van der Waals surface area contributed by atoms with Crippen molar-refractivity contribution in [1.29, 1.82) is 0 Å². The van der Waals surface area contributed by atoms with Crippen LogP contribution in [0.3, 0.4) is 0 Å². The van der Waals surface area contributed by atoms with Gasteiger partial charge in [0, 0.05) is 19.3 Å². The Morgan fingerprint density at radius 2 is 2.18 bits per heavy atom. The second kappa shape index (κ2) is 4.72. The lowest BCUT2D eigenvalue weighted by Crippen LogP contribution is -2.27. The van der Waals surface area contributed by atoms with Gasteiger partial charge in [-0.1, -0.05) is 0 Å². The van der Waals surface area contributed by atoms with Gasteiger partial charge in [0.25, 0.3) is 0 Å². The van der Waals surface area contributed by atoms with E-state index < -0.39 is 10.0 Å². The Balaban J connectivity index is 1.97. The van der Waals surface area contributed by atoms with Crippen LogP contribution >= 0.6 is 0 Å². The SMILES string of the molecule is CS(=O)(=O)NCCNc1nccc2occc12. The molecule has 0 aliphatic heterocycles. The first-order valence-corrected chi connectivity index (χ1v) is 6.96. The van der Waals surface area contributed by atoms with E-state index in [2.05, 4.69) is 15.0 Å². The second-order valence-corrected chi connectivity index (χ2v) is 5.42. The highest BCUT2D eigenvalue weighted by atomic mass is 32.2. The van der Waals surface area contributed by atoms with Gasteiger partial charge in [-0.2, -0.15) is 0 Å². The molecule has 0 amide bonds. The number of furan rings is 1. The lowest BCUT2D eigenvalue weighted by molar-refractivity contribution is 0.589. The van der Waals surface area contributed by atoms with Gasteiger partial charge >= 0.3 is 0 Å². The Bertz CT molecular complexity index is 606. The number of nitrogens with zero attached hydrogens (tertiary/aromatic N) is 1. The van der Waals surface area contributed by atoms with E-state index in [0.717, 1.165) is 17.2 Å². The van der Waals surface area contributed by atoms with Crippen LogP contribution in [0.15, 0.2) is 29.0 Å². The highest BCUT2D eigenvalue weighted by molar-refractivity contribution is 7.88. The fraction of sp³-hybridized carbons (Fsp3) is 0.300. The molecule has 0 aliphatic rings. The molecule has 2 aromatic heterocycles. The minimum atomic E-state index is -3.14. The summed E-state index contributed by atoms with van der Waals surface area (Å²) in [7, 11) is -3.14. The van der Waals surface area contributed by atoms with Crippen molar-refractivity contribution in [3.05, 3.63) is 24.6 Å². The van der Waals surface area contributed by atoms with E-state index >= 15 is 0 Å². The summed E-state index contributed by atoms with van der Waals surface area (Å²) in [6, 6.07) is 3.59. The maximum Gasteiger partial charge on any atom is 0.208 e. The van der Waals surface area contributed by atoms with Crippen molar-refractivity contribution in [3.8, 4) is 0 Å². The first-order valence-electron chi connectivity index (χ1n) is 5.07. The van der Waals surface area contributed by atoms with Gasteiger partial charge in [-0.3, -0.25) is 0 Å². The molecule has 0 fully saturated rings. The summed E-state index contributed by atoms with van der Waals surface area (Å²) in [5.74, 6) is 0.687. The maximum absolute atomic E-state index is 10.8. The van der Waals surface area contributed by atoms with Crippen molar-refractivity contribution in [3.63, 3.8) is 0 Å². The summed E-state index contributed by atoms with van der Waals surface area (Å²) in [6.45, 7) is 0.777. The third-order valence-corrected chi connectivity index (χ3v) is 2.89. The molecule has 0 saturated heterocycles. The molecule has 0 aliphatic carbocycles. The number of hydrogen-bond donors (Lipinski definition) is 2. The van der Waals surface area contributed by atoms with Crippen LogP contribution in [0.4, 0.5) is 5.82 Å². The number of hydrogen-bond acceptors (Lipinski definition) is 5. The number of aromatic nitrogens is 1. The highest BCUT2D eigenvalue weighted by Gasteiger charge is 2.04. The van der Waals surface area contributed by atoms with Gasteiger partial charge in [0.05, 0.1) is 17.9 Å². The van der Waals surface area contributed by atoms with Crippen molar-refractivity contribution < 1.29 is 12.8 Å². The van der Waals surface area contributed by atoms with Crippen LogP contribution in [0.2, 0.25) is 0 Å². The lowest BCUT2D eigenvalue weighted by Gasteiger charge is -2.06. The van der Waals surface area contributed by atoms with Crippen LogP contribution in [-0.4, -0.2) is 32.7 Å². The van der Waals surface area contributed by atoms with E-state index in [1.54, 1.807) is 18.5 Å². The first-order chi connectivity index (χ1) is 8.06. The second-order valence-electron chi connectivity index (χ2n) is 3.59. The Hall–Kier alpha value is -1.60. The van der Waals surface area contributed by atoms with Crippen LogP contribution in [0.25, 0.3) is 11.0 Å². The average Bonchev–Trinajstić information content (AvgIpc) is 2.71. The Morgan fingerprint density at radius 1 is 1.35 bits per heavy atom. The maximum atomic E-state index is 10.8. The third kappa shape index (κ3) is 3.18. The summed E-state index contributed by atoms with van der Waals surface area (Å²) in [5.41, 5.74) is 0.749. The highest BCUT2D eigenvalue weighted by Crippen LogP contribution is 2.21. The zero-order valence-corrected chi connectivity index (χ0v) is 10.1. The largest absolute Gasteiger partial charge is 0.464 e. The number of fused-ring (bicyclic) bond motifs is 1. The fourth-order valence-electron chi connectivity index (χ4n) is 1.45. The molecular weight excluding hydrogens is 242 g/mol. The summed E-state index contributed by atoms with van der Waals surface area (Å²) in [5, 5.41) is 3.93. The number of rotatable bonds is 5. The van der Waals surface area contributed by atoms with Gasteiger partial charge in [-0.05, 0) is 12.1 Å². The first kappa shape index (κ1) is 11.9. The van der Waals surface area contributed by atoms with Crippen LogP contribution < -0.4 is 10.0 Å². The Kier molecular flexibility index (Phi) is 3.30. The molecule has 0 spiro atoms. The molecule has 0 unspecified atom stereocenters. The molecule has 0 aromatic carbocycles. The van der Waals surface area contributed by atoms with Gasteiger partial charge in [0.2, 0.25) is 10.0 Å². The van der Waals surface area contributed by atoms with Crippen LogP contribution in [0, 0.1) is 0 Å². The molecule has 0 atom stereocenters. The lowest BCUT2D eigenvalue weighted by atomic mass is 10.3. The van der Waals surface area contributed by atoms with Crippen molar-refractivity contribution >= 4 is 26.8 Å². The molecule has 2 N–H and O–H groups in total. The van der Waals surface area contributed by atoms with Gasteiger partial charge in [-0.15, -0.1) is 0 Å². The van der Waals surface area contributed by atoms with Gasteiger partial charge in [0.1, 0.15) is 11.4 Å². The van der Waals surface area contributed by atoms with Crippen LogP contribution in [-0.2, 0) is 10.0 Å². The fourth-order valence-corrected chi connectivity index (χ4v) is 1.93. The molecule has 92 valence electrons. The third-order valence-electron chi connectivity index (χ3n) is 2.16. The van der Waals surface area contributed by atoms with Crippen LogP contribution in [0.1, 0.15) is 0 Å². The molecule has 17 heavy (non-hydrogen) atoms. The number of pyridine rings is 1. The molecule has 0 saturated carbocycles. The van der Waals surface area contributed by atoms with Crippen molar-refractivity contribution in [2.75, 3.05) is 24.7 Å². The molecule has 7 heteroatoms. The zero-order valence-electron chi connectivity index (χ0n) is 9.30. The molecule has 2 rings (SSSR count). The predicted molar refractivity (Wildman–Crippen MR) is 65.3 cm³/mol. The van der Waals surface area contributed by atoms with E-state index in [-0.39, 0.29) is 0 Å². The van der Waals surface area contributed by atoms with Crippen molar-refractivity contribution in [2.24, 2.45) is 0 Å². The topological polar surface area (TPSA) is 84.2 Å². The Morgan fingerprint density at radius 3 is 2.94 bits per heavy atom. The van der Waals surface area contributed by atoms with E-state index in [9.17, 15) is 8.42 Å². The van der Waals surface area contributed by atoms with E-state index in [0.29, 0.717) is 18.9 Å². The van der Waals surface area contributed by atoms with E-state index in [4.69, 9.17) is 4.42 Å². The van der Waals surface area contributed by atoms with Gasteiger partial charge < -0.3 is 9.73 Å². The standard InChI is InChI=1S/C10H13N3O3S/c1-17(14,15)13-6-5-12-10-8-3-7-16-9(8)2-4-11-10/h2-4,7,13H,5-6H2,1H3,(H,11,12). The molecule has 6 nitrogen and oxygen atoms in total. The number of anilines is 1. The summed E-state index contributed by atoms with van der Waals surface area (Å²) >= 11 is 0. The monoisotopic (exact) mass is 255 g/mol. The van der Waals surface area contributed by atoms with Crippen molar-refractivity contribution in [1.82, 2.24) is 9.71 Å². The molecule has 2 heterocycles. The van der Waals surface area contributed by atoms with E-state index in [1.165, 1.54) is 0 Å². The molecular formula is C10H13N3O3S. The smallest absolute Gasteiger partial charge is 0.208 e. The predicted octanol–water partition coefficient (Wildman–Crippen LogP) is 0.789. The Labute approximate surface area is 99.1 Å². The quantitative estimate of drug-likeness (QED) is 0.772. The number of sulfonamides is 1. The van der Waals surface area contributed by atoms with Gasteiger partial charge in [-0.25, -0.2) is 18.1 Å². The van der Waals surface area contributed by atoms with Gasteiger partial charge in [0.15, 0.2) is 0 Å². The van der Waals surface area contributed by atoms with Crippen molar-refractivity contribution in [2.45, 2.75) is 0 Å². The normalized spacial score (nSPS) is 11.8. The minimum absolute atomic E-state index is 0.314. The summed E-state index contributed by atoms with van der Waals surface area (Å²) in [6.07, 6.45) is 4.35. The summed E-state index contributed by atoms with van der Waals surface area (Å²) in [4.78, 5) is 4.16. The van der Waals surface area contributed by atoms with E-state index in [1.807, 2.05) is 6.07 Å². The molecule has 0 bridgehead atoms.